The van der Waals surface area contributed by atoms with Crippen molar-refractivity contribution in [3.63, 3.8) is 0 Å². The number of piperidine rings is 1. The van der Waals surface area contributed by atoms with E-state index in [1.54, 1.807) is 0 Å². The Kier molecular flexibility index (Phi) is 5.95. The van der Waals surface area contributed by atoms with E-state index in [-0.39, 0.29) is 12.1 Å². The first kappa shape index (κ1) is 21.9. The highest BCUT2D eigenvalue weighted by Crippen LogP contribution is 2.50. The number of carbonyl (C=O) groups is 1. The van der Waals surface area contributed by atoms with Gasteiger partial charge in [-0.25, -0.2) is 4.79 Å². The molecule has 0 aromatic heterocycles. The van der Waals surface area contributed by atoms with E-state index in [0.717, 1.165) is 57.0 Å². The zero-order valence-corrected chi connectivity index (χ0v) is 20.2. The van der Waals surface area contributed by atoms with Gasteiger partial charge in [0.25, 0.3) is 0 Å². The summed E-state index contributed by atoms with van der Waals surface area (Å²) >= 11 is 0. The topological polar surface area (TPSA) is 39.3 Å². The van der Waals surface area contributed by atoms with Crippen molar-refractivity contribution in [2.45, 2.75) is 31.4 Å². The third-order valence-corrected chi connectivity index (χ3v) is 8.30. The summed E-state index contributed by atoms with van der Waals surface area (Å²) in [5, 5.41) is 0. The lowest BCUT2D eigenvalue weighted by Crippen LogP contribution is -2.53. The average Bonchev–Trinajstić information content (AvgIpc) is 3.14. The molecule has 2 aromatic carbocycles. The Labute approximate surface area is 203 Å². The molecule has 0 radical (unpaired) electrons. The van der Waals surface area contributed by atoms with Gasteiger partial charge < -0.3 is 19.4 Å². The van der Waals surface area contributed by atoms with Crippen molar-refractivity contribution in [2.24, 2.45) is 5.92 Å². The fourth-order valence-corrected chi connectivity index (χ4v) is 6.48. The molecule has 3 aliphatic heterocycles. The van der Waals surface area contributed by atoms with Gasteiger partial charge in [0, 0.05) is 58.0 Å². The average molecular weight is 461 g/mol. The summed E-state index contributed by atoms with van der Waals surface area (Å²) in [6.07, 6.45) is 1.88. The molecule has 1 amide bonds. The Bertz CT molecular complexity index is 1010. The van der Waals surface area contributed by atoms with Crippen LogP contribution < -0.4 is 4.90 Å². The predicted molar refractivity (Wildman–Crippen MR) is 134 cm³/mol. The number of likely N-dealkylation sites (tertiary alicyclic amines) is 2. The van der Waals surface area contributed by atoms with Gasteiger partial charge in [0.15, 0.2) is 0 Å². The van der Waals surface area contributed by atoms with Gasteiger partial charge in [-0.15, -0.1) is 0 Å². The molecule has 3 saturated heterocycles. The van der Waals surface area contributed by atoms with E-state index in [1.807, 2.05) is 35.2 Å². The number of hydrogen-bond donors (Lipinski definition) is 0. The van der Waals surface area contributed by atoms with Crippen molar-refractivity contribution in [3.05, 3.63) is 65.2 Å². The van der Waals surface area contributed by atoms with E-state index in [4.69, 9.17) is 4.74 Å². The fraction of sp³-hybridized carbons (Fsp3) is 0.536. The van der Waals surface area contributed by atoms with Crippen LogP contribution in [0.2, 0.25) is 0 Å². The molecule has 34 heavy (non-hydrogen) atoms. The number of piperazine rings is 1. The molecule has 2 atom stereocenters. The van der Waals surface area contributed by atoms with Crippen LogP contribution in [0.1, 0.15) is 41.5 Å². The van der Waals surface area contributed by atoms with Crippen molar-refractivity contribution in [3.8, 4) is 0 Å². The summed E-state index contributed by atoms with van der Waals surface area (Å²) in [4.78, 5) is 22.6. The lowest BCUT2D eigenvalue weighted by molar-refractivity contribution is 0.0694. The van der Waals surface area contributed by atoms with Crippen LogP contribution in [0, 0.1) is 5.92 Å². The molecule has 6 heteroatoms. The molecule has 1 aliphatic carbocycles. The van der Waals surface area contributed by atoms with Crippen LogP contribution in [0.4, 0.5) is 10.5 Å². The van der Waals surface area contributed by atoms with Crippen LogP contribution in [0.5, 0.6) is 0 Å². The van der Waals surface area contributed by atoms with E-state index in [2.05, 4.69) is 39.9 Å². The van der Waals surface area contributed by atoms with Crippen LogP contribution in [-0.2, 0) is 11.3 Å². The number of amides is 1. The van der Waals surface area contributed by atoms with Crippen LogP contribution >= 0.6 is 0 Å². The quantitative estimate of drug-likeness (QED) is 0.676. The SMILES string of the molecule is CN1CC(CN2CCN(c3ccc4c(c3)[C@@H]3C[C@H]4CCN3C(=O)OCc3ccccc3)CC2)C1. The first-order valence-electron chi connectivity index (χ1n) is 12.9. The Morgan fingerprint density at radius 2 is 1.76 bits per heavy atom. The molecule has 0 unspecified atom stereocenters. The first-order valence-corrected chi connectivity index (χ1v) is 12.9. The lowest BCUT2D eigenvalue weighted by atomic mass is 9.95. The molecule has 6 rings (SSSR count). The zero-order chi connectivity index (χ0) is 23.1. The van der Waals surface area contributed by atoms with Crippen molar-refractivity contribution >= 4 is 11.8 Å². The molecule has 3 fully saturated rings. The normalized spacial score (nSPS) is 25.2. The van der Waals surface area contributed by atoms with Crippen LogP contribution in [0.25, 0.3) is 0 Å². The molecule has 4 aliphatic rings. The monoisotopic (exact) mass is 460 g/mol. The zero-order valence-electron chi connectivity index (χ0n) is 20.2. The molecule has 0 saturated carbocycles. The molecular weight excluding hydrogens is 424 g/mol. The highest BCUT2D eigenvalue weighted by molar-refractivity contribution is 5.70. The Balaban J connectivity index is 1.10. The highest BCUT2D eigenvalue weighted by Gasteiger charge is 2.41. The van der Waals surface area contributed by atoms with Gasteiger partial charge in [-0.2, -0.15) is 0 Å². The third kappa shape index (κ3) is 4.29. The van der Waals surface area contributed by atoms with Crippen molar-refractivity contribution in [1.29, 1.82) is 0 Å². The van der Waals surface area contributed by atoms with Gasteiger partial charge in [0.05, 0.1) is 6.04 Å². The second-order valence-electron chi connectivity index (χ2n) is 10.7. The number of hydrogen-bond acceptors (Lipinski definition) is 5. The minimum Gasteiger partial charge on any atom is -0.445 e. The van der Waals surface area contributed by atoms with Crippen molar-refractivity contribution in [1.82, 2.24) is 14.7 Å². The predicted octanol–water partition coefficient (Wildman–Crippen LogP) is 3.94. The molecule has 0 N–H and O–H groups in total. The van der Waals surface area contributed by atoms with E-state index in [0.29, 0.717) is 12.5 Å². The molecule has 2 bridgehead atoms. The van der Waals surface area contributed by atoms with E-state index >= 15 is 0 Å². The Morgan fingerprint density at radius 1 is 0.971 bits per heavy atom. The number of nitrogens with zero attached hydrogens (tertiary/aromatic N) is 4. The largest absolute Gasteiger partial charge is 0.445 e. The van der Waals surface area contributed by atoms with E-state index < -0.39 is 0 Å². The lowest BCUT2D eigenvalue weighted by Gasteiger charge is -2.42. The van der Waals surface area contributed by atoms with Crippen LogP contribution in [-0.4, -0.2) is 80.2 Å². The molecule has 2 aromatic rings. The summed E-state index contributed by atoms with van der Waals surface area (Å²) in [7, 11) is 2.21. The highest BCUT2D eigenvalue weighted by atomic mass is 16.6. The second-order valence-corrected chi connectivity index (χ2v) is 10.7. The van der Waals surface area contributed by atoms with Gasteiger partial charge >= 0.3 is 6.09 Å². The Morgan fingerprint density at radius 3 is 2.53 bits per heavy atom. The maximum absolute atomic E-state index is 13.0. The fourth-order valence-electron chi connectivity index (χ4n) is 6.48. The van der Waals surface area contributed by atoms with E-state index in [1.165, 1.54) is 36.4 Å². The maximum atomic E-state index is 13.0. The number of carbonyl (C=O) groups excluding carboxylic acids is 1. The summed E-state index contributed by atoms with van der Waals surface area (Å²) in [5.41, 5.74) is 5.13. The van der Waals surface area contributed by atoms with Crippen LogP contribution in [0.15, 0.2) is 48.5 Å². The summed E-state index contributed by atoms with van der Waals surface area (Å²) in [6, 6.07) is 17.1. The number of anilines is 1. The van der Waals surface area contributed by atoms with E-state index in [9.17, 15) is 4.79 Å². The Hall–Kier alpha value is -2.57. The van der Waals surface area contributed by atoms with Gasteiger partial charge in [-0.1, -0.05) is 36.4 Å². The molecular formula is C28H36N4O2. The summed E-state index contributed by atoms with van der Waals surface area (Å²) in [5.74, 6) is 1.42. The molecule has 0 spiro atoms. The van der Waals surface area contributed by atoms with Crippen molar-refractivity contribution < 1.29 is 9.53 Å². The standard InChI is InChI=1S/C28H36N4O2/c1-29-17-22(18-29)19-30-11-13-31(14-12-30)24-7-8-25-23-9-10-32(27(15-23)26(25)16-24)28(33)34-20-21-5-3-2-4-6-21/h2-8,16,22-23,27H,9-15,17-20H2,1H3/t23-,27+/m1/s1. The smallest absolute Gasteiger partial charge is 0.410 e. The minimum atomic E-state index is -0.180. The molecule has 180 valence electrons. The number of rotatable bonds is 5. The second kappa shape index (κ2) is 9.23. The molecule has 3 heterocycles. The van der Waals surface area contributed by atoms with Gasteiger partial charge in [-0.3, -0.25) is 4.90 Å². The first-order chi connectivity index (χ1) is 16.6. The van der Waals surface area contributed by atoms with Crippen molar-refractivity contribution in [2.75, 3.05) is 64.3 Å². The van der Waals surface area contributed by atoms with Gasteiger partial charge in [0.2, 0.25) is 0 Å². The molecule has 6 nitrogen and oxygen atoms in total. The van der Waals surface area contributed by atoms with Gasteiger partial charge in [0.1, 0.15) is 6.61 Å². The minimum absolute atomic E-state index is 0.147. The summed E-state index contributed by atoms with van der Waals surface area (Å²) < 4.78 is 5.71. The number of fused-ring (bicyclic) bond motifs is 5. The number of benzene rings is 2. The maximum Gasteiger partial charge on any atom is 0.410 e. The summed E-state index contributed by atoms with van der Waals surface area (Å²) in [6.45, 7) is 9.30. The number of ether oxygens (including phenoxy) is 1. The third-order valence-electron chi connectivity index (χ3n) is 8.30. The van der Waals surface area contributed by atoms with Gasteiger partial charge in [-0.05, 0) is 60.5 Å². The van der Waals surface area contributed by atoms with Crippen LogP contribution in [0.3, 0.4) is 0 Å².